The van der Waals surface area contributed by atoms with Gasteiger partial charge in [0.2, 0.25) is 16.9 Å². The van der Waals surface area contributed by atoms with Gasteiger partial charge in [-0.15, -0.1) is 0 Å². The Hall–Kier alpha value is -1.57. The normalized spacial score (nSPS) is 22.9. The zero-order valence-electron chi connectivity index (χ0n) is 16.8. The Labute approximate surface area is 171 Å². The highest BCUT2D eigenvalue weighted by Crippen LogP contribution is 2.24. The molecule has 1 saturated carbocycles. The lowest BCUT2D eigenvalue weighted by atomic mass is 9.88. The molecule has 0 aromatic carbocycles. The minimum Gasteiger partial charge on any atom is -0.480 e. The maximum atomic E-state index is 12.6. The summed E-state index contributed by atoms with van der Waals surface area (Å²) in [6.07, 6.45) is 7.13. The van der Waals surface area contributed by atoms with Crippen LogP contribution in [-0.2, 0) is 19.2 Å². The summed E-state index contributed by atoms with van der Waals surface area (Å²) in [6, 6.07) is -1.36. The van der Waals surface area contributed by atoms with Gasteiger partial charge in [0.05, 0.1) is 6.04 Å². The Morgan fingerprint density at radius 1 is 1.04 bits per heavy atom. The number of hydrogen-bond donors (Lipinski definition) is 2. The van der Waals surface area contributed by atoms with Crippen LogP contribution in [0.2, 0.25) is 0 Å². The third-order valence-corrected chi connectivity index (χ3v) is 6.96. The first-order chi connectivity index (χ1) is 13.3. The fourth-order valence-electron chi connectivity index (χ4n) is 3.89. The Morgan fingerprint density at radius 2 is 1.68 bits per heavy atom. The van der Waals surface area contributed by atoms with Crippen LogP contribution < -0.4 is 5.32 Å². The third-order valence-electron chi connectivity index (χ3n) is 5.66. The summed E-state index contributed by atoms with van der Waals surface area (Å²) in [6.45, 7) is 3.85. The number of carboxylic acids is 1. The number of piperidine rings is 1. The first-order valence-corrected chi connectivity index (χ1v) is 11.3. The molecule has 2 amide bonds. The van der Waals surface area contributed by atoms with Crippen LogP contribution in [-0.4, -0.2) is 57.3 Å². The van der Waals surface area contributed by atoms with E-state index in [9.17, 15) is 24.3 Å². The molecule has 2 N–H and O–H groups in total. The highest BCUT2D eigenvalue weighted by Gasteiger charge is 2.34. The Bertz CT molecular complexity index is 591. The molecule has 1 aliphatic heterocycles. The zero-order chi connectivity index (χ0) is 20.7. The van der Waals surface area contributed by atoms with Gasteiger partial charge in [0.15, 0.2) is 0 Å². The van der Waals surface area contributed by atoms with Crippen molar-refractivity contribution in [3.63, 3.8) is 0 Å². The summed E-state index contributed by atoms with van der Waals surface area (Å²) in [5.41, 5.74) is 0. The first-order valence-electron chi connectivity index (χ1n) is 10.3. The van der Waals surface area contributed by atoms with Crippen molar-refractivity contribution in [2.24, 2.45) is 11.8 Å². The highest BCUT2D eigenvalue weighted by molar-refractivity contribution is 8.13. The molecule has 28 heavy (non-hydrogen) atoms. The molecule has 2 rings (SSSR count). The average Bonchev–Trinajstić information content (AvgIpc) is 2.71. The van der Waals surface area contributed by atoms with Crippen LogP contribution >= 0.6 is 11.8 Å². The fraction of sp³-hybridized carbons (Fsp3) is 0.800. The summed E-state index contributed by atoms with van der Waals surface area (Å²) in [5, 5.41) is 12.0. The van der Waals surface area contributed by atoms with Gasteiger partial charge in [0.25, 0.3) is 0 Å². The second-order valence-electron chi connectivity index (χ2n) is 7.98. The van der Waals surface area contributed by atoms with E-state index in [0.29, 0.717) is 13.0 Å². The van der Waals surface area contributed by atoms with Gasteiger partial charge in [-0.3, -0.25) is 14.4 Å². The van der Waals surface area contributed by atoms with Gasteiger partial charge in [0, 0.05) is 24.1 Å². The van der Waals surface area contributed by atoms with Gasteiger partial charge in [-0.2, -0.15) is 0 Å². The van der Waals surface area contributed by atoms with Crippen molar-refractivity contribution >= 4 is 34.7 Å². The molecule has 0 radical (unpaired) electrons. The highest BCUT2D eigenvalue weighted by atomic mass is 32.2. The average molecular weight is 413 g/mol. The smallest absolute Gasteiger partial charge is 0.326 e. The second kappa shape index (κ2) is 10.8. The van der Waals surface area contributed by atoms with Gasteiger partial charge in [-0.1, -0.05) is 37.9 Å². The number of likely N-dealkylation sites (tertiary alicyclic amines) is 1. The van der Waals surface area contributed by atoms with E-state index in [0.717, 1.165) is 50.3 Å². The van der Waals surface area contributed by atoms with Gasteiger partial charge in [-0.25, -0.2) is 4.79 Å². The molecule has 0 aromatic heterocycles. The summed E-state index contributed by atoms with van der Waals surface area (Å²) in [4.78, 5) is 50.1. The first kappa shape index (κ1) is 22.7. The zero-order valence-corrected chi connectivity index (χ0v) is 17.6. The summed E-state index contributed by atoms with van der Waals surface area (Å²) >= 11 is 1.03. The predicted octanol–water partition coefficient (Wildman–Crippen LogP) is 2.43. The van der Waals surface area contributed by atoms with Crippen LogP contribution in [0.5, 0.6) is 0 Å². The van der Waals surface area contributed by atoms with Gasteiger partial charge >= 0.3 is 5.97 Å². The van der Waals surface area contributed by atoms with E-state index in [1.165, 1.54) is 11.3 Å². The molecule has 0 aromatic rings. The molecule has 0 unspecified atom stereocenters. The summed E-state index contributed by atoms with van der Waals surface area (Å²) in [7, 11) is 0. The lowest BCUT2D eigenvalue weighted by Crippen LogP contribution is -2.50. The van der Waals surface area contributed by atoms with E-state index in [1.54, 1.807) is 13.8 Å². The maximum absolute atomic E-state index is 12.6. The van der Waals surface area contributed by atoms with Crippen LogP contribution in [0.4, 0.5) is 0 Å². The number of aliphatic carboxylic acids is 1. The van der Waals surface area contributed by atoms with E-state index >= 15 is 0 Å². The predicted molar refractivity (Wildman–Crippen MR) is 108 cm³/mol. The second-order valence-corrected chi connectivity index (χ2v) is 9.00. The largest absolute Gasteiger partial charge is 0.480 e. The van der Waals surface area contributed by atoms with Gasteiger partial charge < -0.3 is 15.3 Å². The van der Waals surface area contributed by atoms with Crippen molar-refractivity contribution in [3.05, 3.63) is 0 Å². The van der Waals surface area contributed by atoms with E-state index in [-0.39, 0.29) is 28.6 Å². The standard InChI is InChI=1S/C20H32N2O5S/c1-13(18(24)22-11-7-6-10-16(22)19(25)26)12-28-20(27)14(2)21-17(23)15-8-4-3-5-9-15/h13-16H,3-12H2,1-2H3,(H,21,23)(H,25,26)/t13-,14-,16+/m1/s1. The Balaban J connectivity index is 1.79. The van der Waals surface area contributed by atoms with Crippen LogP contribution in [0.25, 0.3) is 0 Å². The van der Waals surface area contributed by atoms with Gasteiger partial charge in [0.1, 0.15) is 6.04 Å². The molecule has 2 fully saturated rings. The number of amides is 2. The molecule has 3 atom stereocenters. The molecular formula is C20H32N2O5S. The van der Waals surface area contributed by atoms with Gasteiger partial charge in [-0.05, 0) is 39.0 Å². The van der Waals surface area contributed by atoms with Crippen molar-refractivity contribution < 1.29 is 24.3 Å². The molecule has 0 bridgehead atoms. The van der Waals surface area contributed by atoms with Crippen molar-refractivity contribution in [2.75, 3.05) is 12.3 Å². The number of nitrogens with zero attached hydrogens (tertiary/aromatic N) is 1. The summed E-state index contributed by atoms with van der Waals surface area (Å²) < 4.78 is 0. The van der Waals surface area contributed by atoms with Crippen LogP contribution in [0.3, 0.4) is 0 Å². The minimum atomic E-state index is -0.969. The van der Waals surface area contributed by atoms with E-state index < -0.39 is 24.0 Å². The maximum Gasteiger partial charge on any atom is 0.326 e. The quantitative estimate of drug-likeness (QED) is 0.666. The molecule has 7 nitrogen and oxygen atoms in total. The van der Waals surface area contributed by atoms with Crippen molar-refractivity contribution in [1.82, 2.24) is 10.2 Å². The molecule has 8 heteroatoms. The minimum absolute atomic E-state index is 0.00144. The molecule has 1 aliphatic carbocycles. The number of carboxylic acid groups (broad SMARTS) is 1. The number of hydrogen-bond acceptors (Lipinski definition) is 5. The lowest BCUT2D eigenvalue weighted by Gasteiger charge is -2.34. The molecule has 0 spiro atoms. The molecule has 1 heterocycles. The van der Waals surface area contributed by atoms with Crippen LogP contribution in [0, 0.1) is 11.8 Å². The number of thioether (sulfide) groups is 1. The third kappa shape index (κ3) is 6.22. The SMILES string of the molecule is C[C@H](CSC(=O)[C@@H](C)NC(=O)C1CCCCC1)C(=O)N1CCCC[C@H]1C(=O)O. The van der Waals surface area contributed by atoms with Crippen molar-refractivity contribution in [2.45, 2.75) is 77.3 Å². The number of carbonyl (C=O) groups excluding carboxylic acids is 3. The van der Waals surface area contributed by atoms with E-state index in [1.807, 2.05) is 0 Å². The lowest BCUT2D eigenvalue weighted by molar-refractivity contribution is -0.153. The fourth-order valence-corrected chi connectivity index (χ4v) is 4.76. The summed E-state index contributed by atoms with van der Waals surface area (Å²) in [5.74, 6) is -1.40. The molecule has 2 aliphatic rings. The topological polar surface area (TPSA) is 104 Å². The number of carbonyl (C=O) groups is 4. The number of rotatable bonds is 7. The molecular weight excluding hydrogens is 380 g/mol. The van der Waals surface area contributed by atoms with E-state index in [2.05, 4.69) is 5.32 Å². The van der Waals surface area contributed by atoms with Crippen molar-refractivity contribution in [1.29, 1.82) is 0 Å². The van der Waals surface area contributed by atoms with E-state index in [4.69, 9.17) is 0 Å². The molecule has 1 saturated heterocycles. The van der Waals surface area contributed by atoms with Crippen LogP contribution in [0.15, 0.2) is 0 Å². The monoisotopic (exact) mass is 412 g/mol. The van der Waals surface area contributed by atoms with Crippen LogP contribution in [0.1, 0.15) is 65.2 Å². The number of nitrogens with one attached hydrogen (secondary N) is 1. The Kier molecular flexibility index (Phi) is 8.79. The molecule has 158 valence electrons. The van der Waals surface area contributed by atoms with Crippen molar-refractivity contribution in [3.8, 4) is 0 Å². The Morgan fingerprint density at radius 3 is 2.32 bits per heavy atom.